The van der Waals surface area contributed by atoms with Crippen LogP contribution in [0.25, 0.3) is 0 Å². The van der Waals surface area contributed by atoms with E-state index in [4.69, 9.17) is 11.6 Å². The Hall–Kier alpha value is -1.98. The van der Waals surface area contributed by atoms with Crippen molar-refractivity contribution in [1.82, 2.24) is 9.88 Å². The summed E-state index contributed by atoms with van der Waals surface area (Å²) in [7, 11) is 0. The molecule has 0 spiro atoms. The number of aromatic nitrogens is 1. The number of carbonyl (C=O) groups excluding carboxylic acids is 1. The van der Waals surface area contributed by atoms with Gasteiger partial charge in [-0.05, 0) is 30.3 Å². The molecule has 1 amide bonds. The molecule has 1 aromatic heterocycles. The Morgan fingerprint density at radius 1 is 1.35 bits per heavy atom. The average Bonchev–Trinajstić information content (AvgIpc) is 2.99. The summed E-state index contributed by atoms with van der Waals surface area (Å²) in [6.45, 7) is 0.848. The first-order valence-electron chi connectivity index (χ1n) is 7.36. The fourth-order valence-corrected chi connectivity index (χ4v) is 3.23. The van der Waals surface area contributed by atoms with Crippen molar-refractivity contribution in [3.05, 3.63) is 64.7 Å². The highest BCUT2D eigenvalue weighted by Crippen LogP contribution is 2.32. The van der Waals surface area contributed by atoms with E-state index in [0.717, 1.165) is 11.8 Å². The summed E-state index contributed by atoms with van der Waals surface area (Å²) in [6, 6.07) is 9.35. The van der Waals surface area contributed by atoms with Crippen LogP contribution in [0.3, 0.4) is 0 Å². The molecule has 6 heteroatoms. The van der Waals surface area contributed by atoms with Gasteiger partial charge in [0.15, 0.2) is 0 Å². The Balaban J connectivity index is 1.83. The van der Waals surface area contributed by atoms with Crippen molar-refractivity contribution < 1.29 is 14.3 Å². The molecular weight excluding hydrogens is 319 g/mol. The molecule has 0 bridgehead atoms. The highest BCUT2D eigenvalue weighted by Gasteiger charge is 2.37. The van der Waals surface area contributed by atoms with Crippen molar-refractivity contribution in [2.75, 3.05) is 19.7 Å². The Labute approximate surface area is 138 Å². The van der Waals surface area contributed by atoms with Gasteiger partial charge in [0.1, 0.15) is 5.82 Å². The third kappa shape index (κ3) is 3.21. The monoisotopic (exact) mass is 334 g/mol. The Morgan fingerprint density at radius 3 is 2.83 bits per heavy atom. The Bertz CT molecular complexity index is 711. The molecule has 1 saturated heterocycles. The van der Waals surface area contributed by atoms with Crippen LogP contribution in [-0.4, -0.2) is 40.6 Å². The van der Waals surface area contributed by atoms with Crippen molar-refractivity contribution in [3.8, 4) is 0 Å². The van der Waals surface area contributed by atoms with Gasteiger partial charge in [-0.3, -0.25) is 9.78 Å². The topological polar surface area (TPSA) is 53.4 Å². The lowest BCUT2D eigenvalue weighted by Crippen LogP contribution is -2.29. The molecule has 1 fully saturated rings. The predicted molar refractivity (Wildman–Crippen MR) is 84.9 cm³/mol. The molecule has 1 aliphatic heterocycles. The quantitative estimate of drug-likeness (QED) is 0.939. The number of halogens is 2. The van der Waals surface area contributed by atoms with Crippen molar-refractivity contribution in [1.29, 1.82) is 0 Å². The van der Waals surface area contributed by atoms with Crippen LogP contribution in [0.5, 0.6) is 0 Å². The Kier molecular flexibility index (Phi) is 4.59. The largest absolute Gasteiger partial charge is 0.396 e. The standard InChI is InChI=1S/C17H16ClFN2O2/c18-15-7-12(19)4-5-13(15)17(23)21-8-11(10-22)14(9-21)16-3-1-2-6-20-16/h1-7,11,14,22H,8-10H2/t11-,14+/m0/s1. The van der Waals surface area contributed by atoms with Gasteiger partial charge >= 0.3 is 0 Å². The molecule has 120 valence electrons. The number of benzene rings is 1. The van der Waals surface area contributed by atoms with E-state index in [1.165, 1.54) is 12.1 Å². The zero-order valence-electron chi connectivity index (χ0n) is 12.3. The van der Waals surface area contributed by atoms with E-state index in [0.29, 0.717) is 13.1 Å². The maximum Gasteiger partial charge on any atom is 0.255 e. The fourth-order valence-electron chi connectivity index (χ4n) is 2.99. The van der Waals surface area contributed by atoms with Crippen LogP contribution >= 0.6 is 11.6 Å². The molecule has 0 radical (unpaired) electrons. The minimum Gasteiger partial charge on any atom is -0.396 e. The van der Waals surface area contributed by atoms with Crippen LogP contribution in [0.15, 0.2) is 42.6 Å². The molecule has 1 aromatic carbocycles. The second-order valence-electron chi connectivity index (χ2n) is 5.64. The SMILES string of the molecule is O=C(c1ccc(F)cc1Cl)N1C[C@@H](CO)[C@H](c2ccccn2)C1. The van der Waals surface area contributed by atoms with E-state index in [1.54, 1.807) is 11.1 Å². The van der Waals surface area contributed by atoms with Gasteiger partial charge < -0.3 is 10.0 Å². The van der Waals surface area contributed by atoms with Crippen LogP contribution in [0.2, 0.25) is 5.02 Å². The van der Waals surface area contributed by atoms with Crippen molar-refractivity contribution in [3.63, 3.8) is 0 Å². The van der Waals surface area contributed by atoms with Gasteiger partial charge in [-0.2, -0.15) is 0 Å². The van der Waals surface area contributed by atoms with Crippen LogP contribution in [0.1, 0.15) is 22.0 Å². The summed E-state index contributed by atoms with van der Waals surface area (Å²) < 4.78 is 13.1. The zero-order valence-corrected chi connectivity index (χ0v) is 13.1. The number of aliphatic hydroxyl groups excluding tert-OH is 1. The van der Waals surface area contributed by atoms with Gasteiger partial charge in [0.05, 0.1) is 10.6 Å². The van der Waals surface area contributed by atoms with Crippen molar-refractivity contribution >= 4 is 17.5 Å². The minimum absolute atomic E-state index is 0.0237. The maximum atomic E-state index is 13.1. The number of amides is 1. The lowest BCUT2D eigenvalue weighted by Gasteiger charge is -2.17. The first-order chi connectivity index (χ1) is 11.1. The van der Waals surface area contributed by atoms with E-state index in [9.17, 15) is 14.3 Å². The summed E-state index contributed by atoms with van der Waals surface area (Å²) in [4.78, 5) is 18.6. The molecule has 4 nitrogen and oxygen atoms in total. The molecule has 3 rings (SSSR count). The van der Waals surface area contributed by atoms with Crippen LogP contribution in [0, 0.1) is 11.7 Å². The minimum atomic E-state index is -0.479. The summed E-state index contributed by atoms with van der Waals surface area (Å²) in [6.07, 6.45) is 1.70. The van der Waals surface area contributed by atoms with E-state index in [2.05, 4.69) is 4.98 Å². The van der Waals surface area contributed by atoms with Crippen LogP contribution in [-0.2, 0) is 0 Å². The van der Waals surface area contributed by atoms with Gasteiger partial charge in [0, 0.05) is 43.4 Å². The predicted octanol–water partition coefficient (Wildman–Crippen LogP) is 2.72. The summed E-state index contributed by atoms with van der Waals surface area (Å²) >= 11 is 5.98. The number of hydrogen-bond acceptors (Lipinski definition) is 3. The van der Waals surface area contributed by atoms with E-state index >= 15 is 0 Å². The molecule has 2 heterocycles. The van der Waals surface area contributed by atoms with E-state index < -0.39 is 5.82 Å². The Morgan fingerprint density at radius 2 is 2.17 bits per heavy atom. The molecule has 2 atom stereocenters. The van der Waals surface area contributed by atoms with Crippen molar-refractivity contribution in [2.24, 2.45) is 5.92 Å². The van der Waals surface area contributed by atoms with E-state index in [1.807, 2.05) is 18.2 Å². The second kappa shape index (κ2) is 6.64. The zero-order chi connectivity index (χ0) is 16.4. The number of likely N-dealkylation sites (tertiary alicyclic amines) is 1. The number of nitrogens with zero attached hydrogens (tertiary/aromatic N) is 2. The smallest absolute Gasteiger partial charge is 0.255 e. The molecule has 1 N–H and O–H groups in total. The van der Waals surface area contributed by atoms with Gasteiger partial charge in [-0.15, -0.1) is 0 Å². The molecule has 2 aromatic rings. The van der Waals surface area contributed by atoms with E-state index in [-0.39, 0.29) is 34.9 Å². The summed E-state index contributed by atoms with van der Waals surface area (Å²) in [5.74, 6) is -0.836. The third-order valence-electron chi connectivity index (χ3n) is 4.19. The van der Waals surface area contributed by atoms with Crippen LogP contribution in [0.4, 0.5) is 4.39 Å². The highest BCUT2D eigenvalue weighted by atomic mass is 35.5. The number of hydrogen-bond donors (Lipinski definition) is 1. The molecule has 0 unspecified atom stereocenters. The summed E-state index contributed by atoms with van der Waals surface area (Å²) in [5.41, 5.74) is 1.12. The summed E-state index contributed by atoms with van der Waals surface area (Å²) in [5, 5.41) is 9.71. The van der Waals surface area contributed by atoms with Crippen LogP contribution < -0.4 is 0 Å². The van der Waals surface area contributed by atoms with Gasteiger partial charge in [-0.25, -0.2) is 4.39 Å². The molecular formula is C17H16ClFN2O2. The number of aliphatic hydroxyl groups is 1. The lowest BCUT2D eigenvalue weighted by molar-refractivity contribution is 0.0781. The fraction of sp³-hybridized carbons (Fsp3) is 0.294. The molecule has 0 saturated carbocycles. The lowest BCUT2D eigenvalue weighted by atomic mass is 9.93. The maximum absolute atomic E-state index is 13.1. The molecule has 1 aliphatic rings. The second-order valence-corrected chi connectivity index (χ2v) is 6.05. The number of pyridine rings is 1. The normalized spacial score (nSPS) is 20.7. The third-order valence-corrected chi connectivity index (χ3v) is 4.50. The van der Waals surface area contributed by atoms with Gasteiger partial charge in [-0.1, -0.05) is 17.7 Å². The first-order valence-corrected chi connectivity index (χ1v) is 7.74. The first kappa shape index (κ1) is 15.9. The van der Waals surface area contributed by atoms with Crippen molar-refractivity contribution in [2.45, 2.75) is 5.92 Å². The number of rotatable bonds is 3. The number of carbonyl (C=O) groups is 1. The average molecular weight is 335 g/mol. The molecule has 23 heavy (non-hydrogen) atoms. The van der Waals surface area contributed by atoms with Gasteiger partial charge in [0.25, 0.3) is 5.91 Å². The highest BCUT2D eigenvalue weighted by molar-refractivity contribution is 6.33. The molecule has 0 aliphatic carbocycles. The van der Waals surface area contributed by atoms with Gasteiger partial charge in [0.2, 0.25) is 0 Å².